The van der Waals surface area contributed by atoms with Gasteiger partial charge in [-0.2, -0.15) is 0 Å². The van der Waals surface area contributed by atoms with Crippen molar-refractivity contribution in [2.75, 3.05) is 24.5 Å². The molecule has 13 nitrogen and oxygen atoms in total. The molecule has 0 spiro atoms. The Labute approximate surface area is 241 Å². The number of hydrogen-bond donors (Lipinski definition) is 4. The number of carboxylic acids is 1. The summed E-state index contributed by atoms with van der Waals surface area (Å²) in [6.45, 7) is 15.0. The minimum atomic E-state index is -1.25. The third kappa shape index (κ3) is 15.4. The van der Waals surface area contributed by atoms with Gasteiger partial charge in [0.05, 0.1) is 0 Å². The number of amides is 4. The van der Waals surface area contributed by atoms with Crippen LogP contribution in [0, 0.1) is 0 Å². The van der Waals surface area contributed by atoms with E-state index in [1.165, 1.54) is 4.90 Å². The number of carboxylic acid groups (broad SMARTS) is 1. The molecule has 1 aromatic rings. The molecule has 0 aromatic heterocycles. The Morgan fingerprint density at radius 2 is 1.22 bits per heavy atom. The molecule has 0 aliphatic heterocycles. The number of benzene rings is 1. The fourth-order valence-corrected chi connectivity index (χ4v) is 3.24. The SMILES string of the molecule is CC(C)(C)OC(=O)NCCN(C(=O)CNC(=O)OC(C)(C)C)c1ccc(C[C@H](NC(=O)OC(C)(C)C)C(=O)O)cc1. The maximum absolute atomic E-state index is 13.1. The molecule has 0 radical (unpaired) electrons. The van der Waals surface area contributed by atoms with Crippen LogP contribution in [0.2, 0.25) is 0 Å². The highest BCUT2D eigenvalue weighted by molar-refractivity contribution is 5.96. The predicted molar refractivity (Wildman–Crippen MR) is 152 cm³/mol. The van der Waals surface area contributed by atoms with Gasteiger partial charge in [0, 0.05) is 25.2 Å². The molecule has 0 saturated carbocycles. The van der Waals surface area contributed by atoms with E-state index in [1.807, 2.05) is 0 Å². The number of anilines is 1. The summed E-state index contributed by atoms with van der Waals surface area (Å²) in [6.07, 6.45) is -2.30. The summed E-state index contributed by atoms with van der Waals surface area (Å²) in [5, 5.41) is 16.9. The van der Waals surface area contributed by atoms with Crippen LogP contribution in [0.3, 0.4) is 0 Å². The van der Waals surface area contributed by atoms with E-state index in [0.29, 0.717) is 11.3 Å². The summed E-state index contributed by atoms with van der Waals surface area (Å²) in [4.78, 5) is 62.3. The summed E-state index contributed by atoms with van der Waals surface area (Å²) in [7, 11) is 0. The predicted octanol–water partition coefficient (Wildman–Crippen LogP) is 3.59. The first-order chi connectivity index (χ1) is 18.6. The van der Waals surface area contributed by atoms with Gasteiger partial charge in [-0.05, 0) is 80.0 Å². The van der Waals surface area contributed by atoms with Crippen molar-refractivity contribution < 1.29 is 43.3 Å². The lowest BCUT2D eigenvalue weighted by Gasteiger charge is -2.25. The zero-order chi connectivity index (χ0) is 31.6. The number of nitrogens with one attached hydrogen (secondary N) is 3. The van der Waals surface area contributed by atoms with Gasteiger partial charge >= 0.3 is 24.2 Å². The molecule has 0 aliphatic rings. The fraction of sp³-hybridized carbons (Fsp3) is 0.607. The third-order valence-corrected chi connectivity index (χ3v) is 4.76. The number of carbonyl (C=O) groups is 5. The van der Waals surface area contributed by atoms with Crippen molar-refractivity contribution in [3.63, 3.8) is 0 Å². The van der Waals surface area contributed by atoms with Crippen LogP contribution < -0.4 is 20.9 Å². The van der Waals surface area contributed by atoms with E-state index in [1.54, 1.807) is 86.6 Å². The highest BCUT2D eigenvalue weighted by Crippen LogP contribution is 2.17. The molecule has 13 heteroatoms. The molecule has 1 rings (SSSR count). The summed E-state index contributed by atoms with van der Waals surface area (Å²) in [5.74, 6) is -1.72. The van der Waals surface area contributed by atoms with Gasteiger partial charge < -0.3 is 40.2 Å². The van der Waals surface area contributed by atoms with Crippen molar-refractivity contribution in [3.8, 4) is 0 Å². The first kappa shape index (κ1) is 35.0. The van der Waals surface area contributed by atoms with Crippen LogP contribution in [0.25, 0.3) is 0 Å². The summed E-state index contributed by atoms with van der Waals surface area (Å²) >= 11 is 0. The van der Waals surface area contributed by atoms with Gasteiger partial charge in [0.2, 0.25) is 5.91 Å². The molecule has 0 unspecified atom stereocenters. The second-order valence-electron chi connectivity index (χ2n) is 12.2. The van der Waals surface area contributed by atoms with Crippen molar-refractivity contribution in [3.05, 3.63) is 29.8 Å². The molecule has 41 heavy (non-hydrogen) atoms. The van der Waals surface area contributed by atoms with Crippen molar-refractivity contribution >= 4 is 35.8 Å². The largest absolute Gasteiger partial charge is 0.480 e. The lowest BCUT2D eigenvalue weighted by atomic mass is 10.1. The molecule has 1 atom stereocenters. The van der Waals surface area contributed by atoms with Gasteiger partial charge in [0.15, 0.2) is 0 Å². The molecule has 0 saturated heterocycles. The van der Waals surface area contributed by atoms with Gasteiger partial charge in [0.25, 0.3) is 0 Å². The first-order valence-electron chi connectivity index (χ1n) is 13.2. The minimum Gasteiger partial charge on any atom is -0.480 e. The molecule has 1 aromatic carbocycles. The molecular weight excluding hydrogens is 536 g/mol. The van der Waals surface area contributed by atoms with E-state index in [0.717, 1.165) is 0 Å². The molecule has 0 bridgehead atoms. The maximum Gasteiger partial charge on any atom is 0.408 e. The Morgan fingerprint density at radius 1 is 0.756 bits per heavy atom. The molecular formula is C28H44N4O9. The van der Waals surface area contributed by atoms with Crippen molar-refractivity contribution in [2.24, 2.45) is 0 Å². The van der Waals surface area contributed by atoms with Gasteiger partial charge in [-0.1, -0.05) is 12.1 Å². The topological polar surface area (TPSA) is 173 Å². The van der Waals surface area contributed by atoms with Gasteiger partial charge in [-0.25, -0.2) is 19.2 Å². The third-order valence-electron chi connectivity index (χ3n) is 4.76. The standard InChI is InChI=1S/C28H44N4O9/c1-26(2,3)39-23(36)29-14-15-32(21(33)17-30-24(37)40-27(4,5)6)19-12-10-18(11-13-19)16-20(22(34)35)31-25(38)41-28(7,8)9/h10-13,20H,14-17H2,1-9H3,(H,29,36)(H,30,37)(H,31,38)(H,34,35)/t20-/m0/s1. The van der Waals surface area contributed by atoms with Crippen molar-refractivity contribution in [1.82, 2.24) is 16.0 Å². The molecule has 0 fully saturated rings. The Balaban J connectivity index is 3.01. The average molecular weight is 581 g/mol. The summed E-state index contributed by atoms with van der Waals surface area (Å²) in [6, 6.07) is 5.18. The van der Waals surface area contributed by atoms with E-state index < -0.39 is 53.0 Å². The van der Waals surface area contributed by atoms with E-state index in [4.69, 9.17) is 14.2 Å². The quantitative estimate of drug-likeness (QED) is 0.302. The number of ether oxygens (including phenoxy) is 3. The highest BCUT2D eigenvalue weighted by atomic mass is 16.6. The van der Waals surface area contributed by atoms with Crippen LogP contribution in [-0.2, 0) is 30.2 Å². The van der Waals surface area contributed by atoms with E-state index in [-0.39, 0.29) is 26.1 Å². The van der Waals surface area contributed by atoms with Crippen LogP contribution in [-0.4, -0.2) is 77.7 Å². The average Bonchev–Trinajstić information content (AvgIpc) is 2.77. The number of aliphatic carboxylic acids is 1. The second-order valence-corrected chi connectivity index (χ2v) is 12.2. The van der Waals surface area contributed by atoms with E-state index >= 15 is 0 Å². The molecule has 0 aliphatic carbocycles. The lowest BCUT2D eigenvalue weighted by Crippen LogP contribution is -2.45. The molecule has 4 N–H and O–H groups in total. The van der Waals surface area contributed by atoms with Crippen molar-refractivity contribution in [2.45, 2.75) is 91.6 Å². The van der Waals surface area contributed by atoms with Crippen LogP contribution in [0.5, 0.6) is 0 Å². The Morgan fingerprint density at radius 3 is 1.68 bits per heavy atom. The van der Waals surface area contributed by atoms with Gasteiger partial charge in [-0.3, -0.25) is 4.79 Å². The van der Waals surface area contributed by atoms with Crippen LogP contribution >= 0.6 is 0 Å². The monoisotopic (exact) mass is 580 g/mol. The summed E-state index contributed by atoms with van der Waals surface area (Å²) in [5.41, 5.74) is -1.22. The van der Waals surface area contributed by atoms with E-state index in [9.17, 15) is 29.1 Å². The number of alkyl carbamates (subject to hydrolysis) is 3. The Bertz CT molecular complexity index is 1070. The first-order valence-corrected chi connectivity index (χ1v) is 13.2. The normalized spacial score (nSPS) is 12.4. The number of rotatable bonds is 10. The van der Waals surface area contributed by atoms with Crippen molar-refractivity contribution in [1.29, 1.82) is 0 Å². The van der Waals surface area contributed by atoms with E-state index in [2.05, 4.69) is 16.0 Å². The van der Waals surface area contributed by atoms with Crippen LogP contribution in [0.1, 0.15) is 67.9 Å². The number of nitrogens with zero attached hydrogens (tertiary/aromatic N) is 1. The fourth-order valence-electron chi connectivity index (χ4n) is 3.24. The zero-order valence-corrected chi connectivity index (χ0v) is 25.4. The lowest BCUT2D eigenvalue weighted by molar-refractivity contribution is -0.139. The summed E-state index contributed by atoms with van der Waals surface area (Å²) < 4.78 is 15.5. The zero-order valence-electron chi connectivity index (χ0n) is 25.4. The number of carbonyl (C=O) groups excluding carboxylic acids is 4. The Kier molecular flexibility index (Phi) is 12.4. The number of hydrogen-bond acceptors (Lipinski definition) is 8. The van der Waals surface area contributed by atoms with Gasteiger partial charge in [-0.15, -0.1) is 0 Å². The minimum absolute atomic E-state index is 0.0385. The smallest absolute Gasteiger partial charge is 0.408 e. The van der Waals surface area contributed by atoms with Crippen LogP contribution in [0.4, 0.5) is 20.1 Å². The molecule has 230 valence electrons. The highest BCUT2D eigenvalue weighted by Gasteiger charge is 2.25. The van der Waals surface area contributed by atoms with Gasteiger partial charge in [0.1, 0.15) is 29.4 Å². The molecule has 0 heterocycles. The van der Waals surface area contributed by atoms with Crippen LogP contribution in [0.15, 0.2) is 24.3 Å². The molecule has 4 amide bonds. The Hall–Kier alpha value is -4.03. The maximum atomic E-state index is 13.1. The second kappa shape index (κ2) is 14.6.